The van der Waals surface area contributed by atoms with Crippen molar-refractivity contribution in [3.63, 3.8) is 0 Å². The molecule has 4 heteroatoms. The maximum absolute atomic E-state index is 5.16. The van der Waals surface area contributed by atoms with Crippen LogP contribution in [-0.2, 0) is 9.47 Å². The Labute approximate surface area is 84.6 Å². The van der Waals surface area contributed by atoms with E-state index in [1.165, 1.54) is 6.42 Å². The lowest BCUT2D eigenvalue weighted by Crippen LogP contribution is -2.00. The predicted octanol–water partition coefficient (Wildman–Crippen LogP) is 2.21. The average Bonchev–Trinajstić information content (AvgIpc) is 2.04. The summed E-state index contributed by atoms with van der Waals surface area (Å²) < 4.78 is 10.8. The average molecular weight is 235 g/mol. The molecule has 1 atom stereocenters. The van der Waals surface area contributed by atoms with Gasteiger partial charge in [-0.05, 0) is 6.42 Å². The van der Waals surface area contributed by atoms with E-state index in [1.54, 1.807) is 7.11 Å². The Bertz CT molecular complexity index is 82.8. The van der Waals surface area contributed by atoms with Crippen LogP contribution in [0, 0.1) is 0 Å². The molecule has 0 amide bonds. The Kier molecular flexibility index (Phi) is 10.2. The van der Waals surface area contributed by atoms with E-state index in [0.29, 0.717) is 6.79 Å². The van der Waals surface area contributed by atoms with Gasteiger partial charge in [-0.25, -0.2) is 0 Å². The van der Waals surface area contributed by atoms with Crippen LogP contribution in [0.2, 0.25) is 4.05 Å². The van der Waals surface area contributed by atoms with Gasteiger partial charge in [0.1, 0.15) is 6.79 Å². The molecule has 0 bridgehead atoms. The zero-order chi connectivity index (χ0) is 8.53. The van der Waals surface area contributed by atoms with Crippen molar-refractivity contribution in [1.82, 2.24) is 0 Å². The van der Waals surface area contributed by atoms with Gasteiger partial charge in [-0.3, -0.25) is 0 Å². The standard InChI is InChI=1S/C7H15O2.BrH.Mg/c1-3-4-5-6-9-7-8-2;;/h3H,4-7H2,1-2H3;1H;/q;;+1/p-1. The highest BCUT2D eigenvalue weighted by atomic mass is 79.9. The van der Waals surface area contributed by atoms with Gasteiger partial charge in [0.25, 0.3) is 0 Å². The second kappa shape index (κ2) is 9.26. The van der Waals surface area contributed by atoms with E-state index in [0.717, 1.165) is 17.1 Å². The fourth-order valence-corrected chi connectivity index (χ4v) is 2.17. The lowest BCUT2D eigenvalue weighted by molar-refractivity contribution is -0.0314. The molecule has 0 heterocycles. The quantitative estimate of drug-likeness (QED) is 0.383. The zero-order valence-corrected chi connectivity index (χ0v) is 10.3. The first kappa shape index (κ1) is 12.2. The molecule has 0 radical (unpaired) electrons. The Morgan fingerprint density at radius 2 is 2.27 bits per heavy atom. The second-order valence-electron chi connectivity index (χ2n) is 2.72. The first-order valence-corrected chi connectivity index (χ1v) is 8.65. The molecule has 0 aromatic heterocycles. The van der Waals surface area contributed by atoms with Crippen LogP contribution in [0.4, 0.5) is 0 Å². The lowest BCUT2D eigenvalue weighted by atomic mass is 10.2. The summed E-state index contributed by atoms with van der Waals surface area (Å²) in [5.41, 5.74) is 0. The number of rotatable bonds is 7. The predicted molar refractivity (Wildman–Crippen MR) is 51.2 cm³/mol. The molecule has 0 fully saturated rings. The first-order chi connectivity index (χ1) is 5.31. The second-order valence-corrected chi connectivity index (χ2v) is 6.36. The summed E-state index contributed by atoms with van der Waals surface area (Å²) in [7, 11) is 1.65. The number of hydrogen-bond donors (Lipinski definition) is 0. The summed E-state index contributed by atoms with van der Waals surface area (Å²) in [4.78, 5) is 0. The van der Waals surface area contributed by atoms with E-state index in [4.69, 9.17) is 9.47 Å². The van der Waals surface area contributed by atoms with Gasteiger partial charge in [0.15, 0.2) is 0 Å². The SMILES string of the molecule is COCOCCC[CH](C)[Mg][Br]. The minimum absolute atomic E-state index is 0.0246. The van der Waals surface area contributed by atoms with Gasteiger partial charge in [-0.15, -0.1) is 4.05 Å². The molecule has 0 aliphatic heterocycles. The van der Waals surface area contributed by atoms with Crippen LogP contribution in [0.5, 0.6) is 0 Å². The van der Waals surface area contributed by atoms with Crippen molar-refractivity contribution >= 4 is 31.1 Å². The zero-order valence-electron chi connectivity index (χ0n) is 7.31. The normalized spacial score (nSPS) is 12.6. The van der Waals surface area contributed by atoms with Crippen molar-refractivity contribution in [2.45, 2.75) is 23.8 Å². The number of hydrogen-bond acceptors (Lipinski definition) is 2. The van der Waals surface area contributed by atoms with Crippen LogP contribution >= 0.6 is 12.9 Å². The molecule has 64 valence electrons. The summed E-state index contributed by atoms with van der Waals surface area (Å²) in [5, 5.41) is 0. The van der Waals surface area contributed by atoms with Gasteiger partial charge in [-0.2, -0.15) is 0 Å². The van der Waals surface area contributed by atoms with E-state index in [9.17, 15) is 0 Å². The van der Waals surface area contributed by atoms with Crippen molar-refractivity contribution in [3.05, 3.63) is 0 Å². The minimum Gasteiger partial charge on any atom is -0.359 e. The summed E-state index contributed by atoms with van der Waals surface area (Å²) in [6.07, 6.45) is 2.43. The lowest BCUT2D eigenvalue weighted by Gasteiger charge is -2.06. The van der Waals surface area contributed by atoms with Crippen molar-refractivity contribution in [2.75, 3.05) is 20.5 Å². The van der Waals surface area contributed by atoms with Crippen molar-refractivity contribution in [3.8, 4) is 0 Å². The molecule has 0 saturated carbocycles. The maximum Gasteiger partial charge on any atom is 0.471 e. The van der Waals surface area contributed by atoms with Gasteiger partial charge < -0.3 is 22.4 Å². The van der Waals surface area contributed by atoms with Crippen LogP contribution < -0.4 is 0 Å². The van der Waals surface area contributed by atoms with Crippen LogP contribution in [0.1, 0.15) is 19.8 Å². The molecular formula is C7H15BrMgO2. The molecule has 0 aliphatic rings. The minimum atomic E-state index is 0.0246. The van der Waals surface area contributed by atoms with Crippen LogP contribution in [-0.4, -0.2) is 38.7 Å². The molecule has 0 saturated heterocycles. The first-order valence-electron chi connectivity index (χ1n) is 3.94. The van der Waals surface area contributed by atoms with Crippen molar-refractivity contribution < 1.29 is 9.47 Å². The van der Waals surface area contributed by atoms with E-state index in [-0.39, 0.29) is 18.2 Å². The summed E-state index contributed by atoms with van der Waals surface area (Å²) >= 11 is 3.60. The van der Waals surface area contributed by atoms with Gasteiger partial charge in [0.2, 0.25) is 0 Å². The van der Waals surface area contributed by atoms with E-state index >= 15 is 0 Å². The van der Waals surface area contributed by atoms with E-state index in [1.807, 2.05) is 0 Å². The highest BCUT2D eigenvalue weighted by Crippen LogP contribution is 2.12. The molecule has 0 spiro atoms. The third-order valence-electron chi connectivity index (χ3n) is 1.45. The third kappa shape index (κ3) is 9.08. The Morgan fingerprint density at radius 3 is 2.82 bits per heavy atom. The highest BCUT2D eigenvalue weighted by Gasteiger charge is 2.02. The third-order valence-corrected chi connectivity index (χ3v) is 5.70. The van der Waals surface area contributed by atoms with E-state index in [2.05, 4.69) is 19.8 Å². The molecule has 0 N–H and O–H groups in total. The molecule has 2 nitrogen and oxygen atoms in total. The fourth-order valence-electron chi connectivity index (χ4n) is 0.753. The number of halogens is 1. The van der Waals surface area contributed by atoms with Gasteiger partial charge in [0.05, 0.1) is 0 Å². The van der Waals surface area contributed by atoms with Gasteiger partial charge >= 0.3 is 18.2 Å². The molecule has 1 unspecified atom stereocenters. The monoisotopic (exact) mass is 234 g/mol. The molecule has 11 heavy (non-hydrogen) atoms. The summed E-state index contributed by atoms with van der Waals surface area (Å²) in [5.74, 6) is 0. The van der Waals surface area contributed by atoms with Crippen LogP contribution in [0.3, 0.4) is 0 Å². The number of methoxy groups -OCH3 is 1. The van der Waals surface area contributed by atoms with E-state index < -0.39 is 0 Å². The van der Waals surface area contributed by atoms with Gasteiger partial charge in [-0.1, -0.05) is 13.3 Å². The maximum atomic E-state index is 5.16. The Hall–Kier alpha value is 1.17. The Morgan fingerprint density at radius 1 is 1.55 bits per heavy atom. The molecule has 0 aliphatic carbocycles. The fraction of sp³-hybridized carbons (Fsp3) is 1.00. The highest BCUT2D eigenvalue weighted by molar-refractivity contribution is 9.23. The molecule has 0 aromatic carbocycles. The summed E-state index contributed by atoms with van der Waals surface area (Å²) in [6.45, 7) is 3.55. The van der Waals surface area contributed by atoms with Crippen LogP contribution in [0.15, 0.2) is 0 Å². The van der Waals surface area contributed by atoms with Crippen molar-refractivity contribution in [1.29, 1.82) is 0 Å². The van der Waals surface area contributed by atoms with Crippen molar-refractivity contribution in [2.24, 2.45) is 0 Å². The molecular weight excluding hydrogens is 220 g/mol. The topological polar surface area (TPSA) is 18.5 Å². The smallest absolute Gasteiger partial charge is 0.359 e. The number of ether oxygens (including phenoxy) is 2. The van der Waals surface area contributed by atoms with Gasteiger partial charge in [0, 0.05) is 13.7 Å². The molecule has 0 aromatic rings. The van der Waals surface area contributed by atoms with Crippen LogP contribution in [0.25, 0.3) is 0 Å². The Balaban J connectivity index is 2.89. The summed E-state index contributed by atoms with van der Waals surface area (Å²) in [6, 6.07) is 0. The largest absolute Gasteiger partial charge is 0.471 e. The molecule has 0 rings (SSSR count).